The van der Waals surface area contributed by atoms with Crippen molar-refractivity contribution in [1.82, 2.24) is 0 Å². The molecule has 1 heterocycles. The van der Waals surface area contributed by atoms with Gasteiger partial charge in [-0.15, -0.1) is 6.58 Å². The Morgan fingerprint density at radius 1 is 1.05 bits per heavy atom. The fraction of sp³-hybridized carbons (Fsp3) is 0.0556. The molecule has 0 saturated carbocycles. The van der Waals surface area contributed by atoms with E-state index in [0.29, 0.717) is 17.8 Å². The number of para-hydroxylation sites is 2. The quantitative estimate of drug-likeness (QED) is 0.527. The van der Waals surface area contributed by atoms with Crippen LogP contribution in [0.1, 0.15) is 5.56 Å². The number of allylic oxidation sites excluding steroid dienone is 1. The SMILES string of the molecule is C=CCc1ccccc1Oc1cc2ccccc2oc1=O. The molecule has 0 saturated heterocycles. The third-order valence-corrected chi connectivity index (χ3v) is 3.17. The molecular weight excluding hydrogens is 264 g/mol. The van der Waals surface area contributed by atoms with E-state index in [-0.39, 0.29) is 5.75 Å². The maximum atomic E-state index is 12.0. The molecule has 0 aliphatic rings. The Balaban J connectivity index is 2.04. The first-order chi connectivity index (χ1) is 10.3. The molecule has 1 aromatic heterocycles. The molecule has 104 valence electrons. The van der Waals surface area contributed by atoms with E-state index in [0.717, 1.165) is 10.9 Å². The van der Waals surface area contributed by atoms with Crippen LogP contribution in [-0.2, 0) is 6.42 Å². The van der Waals surface area contributed by atoms with E-state index in [1.807, 2.05) is 42.5 Å². The standard InChI is InChI=1S/C18H14O3/c1-2-7-13-8-3-5-10-15(13)20-17-12-14-9-4-6-11-16(14)21-18(17)19/h2-6,8-12H,1,7H2. The van der Waals surface area contributed by atoms with Crippen molar-refractivity contribution >= 4 is 11.0 Å². The zero-order valence-electron chi connectivity index (χ0n) is 11.4. The zero-order valence-corrected chi connectivity index (χ0v) is 11.4. The van der Waals surface area contributed by atoms with Gasteiger partial charge in [-0.3, -0.25) is 0 Å². The molecule has 0 fully saturated rings. The summed E-state index contributed by atoms with van der Waals surface area (Å²) in [5.74, 6) is 0.824. The Morgan fingerprint density at radius 2 is 1.81 bits per heavy atom. The van der Waals surface area contributed by atoms with Crippen molar-refractivity contribution in [2.75, 3.05) is 0 Å². The summed E-state index contributed by atoms with van der Waals surface area (Å²) in [5.41, 5.74) is 1.04. The van der Waals surface area contributed by atoms with Gasteiger partial charge in [0.05, 0.1) is 0 Å². The molecule has 21 heavy (non-hydrogen) atoms. The van der Waals surface area contributed by atoms with Gasteiger partial charge in [0, 0.05) is 5.39 Å². The second-order valence-corrected chi connectivity index (χ2v) is 4.64. The van der Waals surface area contributed by atoms with E-state index in [1.54, 1.807) is 18.2 Å². The molecule has 0 aliphatic heterocycles. The van der Waals surface area contributed by atoms with Crippen molar-refractivity contribution in [1.29, 1.82) is 0 Å². The highest BCUT2D eigenvalue weighted by atomic mass is 16.5. The Kier molecular flexibility index (Phi) is 3.56. The van der Waals surface area contributed by atoms with Crippen molar-refractivity contribution in [2.45, 2.75) is 6.42 Å². The second kappa shape index (κ2) is 5.67. The van der Waals surface area contributed by atoms with Crippen molar-refractivity contribution in [3.63, 3.8) is 0 Å². The van der Waals surface area contributed by atoms with Crippen LogP contribution < -0.4 is 10.4 Å². The fourth-order valence-corrected chi connectivity index (χ4v) is 2.16. The Hall–Kier alpha value is -2.81. The zero-order chi connectivity index (χ0) is 14.7. The van der Waals surface area contributed by atoms with Gasteiger partial charge < -0.3 is 9.15 Å². The summed E-state index contributed by atoms with van der Waals surface area (Å²) in [4.78, 5) is 12.0. The van der Waals surface area contributed by atoms with Crippen LogP contribution in [0.3, 0.4) is 0 Å². The maximum Gasteiger partial charge on any atom is 0.379 e. The van der Waals surface area contributed by atoms with Gasteiger partial charge >= 0.3 is 5.63 Å². The molecule has 0 N–H and O–H groups in total. The lowest BCUT2D eigenvalue weighted by Crippen LogP contribution is -2.04. The van der Waals surface area contributed by atoms with E-state index >= 15 is 0 Å². The Labute approximate surface area is 122 Å². The molecule has 0 amide bonds. The molecule has 0 bridgehead atoms. The first-order valence-corrected chi connectivity index (χ1v) is 6.67. The Morgan fingerprint density at radius 3 is 2.67 bits per heavy atom. The average Bonchev–Trinajstić information content (AvgIpc) is 2.50. The number of fused-ring (bicyclic) bond motifs is 1. The summed E-state index contributed by atoms with van der Waals surface area (Å²) >= 11 is 0. The van der Waals surface area contributed by atoms with Crippen molar-refractivity contribution in [3.05, 3.63) is 83.2 Å². The highest BCUT2D eigenvalue weighted by molar-refractivity contribution is 5.77. The third kappa shape index (κ3) is 2.72. The number of ether oxygens (including phenoxy) is 1. The average molecular weight is 278 g/mol. The van der Waals surface area contributed by atoms with E-state index in [2.05, 4.69) is 6.58 Å². The predicted octanol–water partition coefficient (Wildman–Crippen LogP) is 4.31. The lowest BCUT2D eigenvalue weighted by Gasteiger charge is -2.09. The van der Waals surface area contributed by atoms with Crippen LogP contribution in [0, 0.1) is 0 Å². The van der Waals surface area contributed by atoms with Gasteiger partial charge in [0.1, 0.15) is 11.3 Å². The van der Waals surface area contributed by atoms with E-state index < -0.39 is 5.63 Å². The highest BCUT2D eigenvalue weighted by Crippen LogP contribution is 2.25. The van der Waals surface area contributed by atoms with Gasteiger partial charge in [0.25, 0.3) is 0 Å². The third-order valence-electron chi connectivity index (χ3n) is 3.17. The van der Waals surface area contributed by atoms with Crippen molar-refractivity contribution < 1.29 is 9.15 Å². The van der Waals surface area contributed by atoms with E-state index in [9.17, 15) is 4.79 Å². The molecule has 3 heteroatoms. The first-order valence-electron chi connectivity index (χ1n) is 6.67. The number of hydrogen-bond donors (Lipinski definition) is 0. The minimum atomic E-state index is -0.484. The summed E-state index contributed by atoms with van der Waals surface area (Å²) in [6, 6.07) is 16.6. The van der Waals surface area contributed by atoms with Crippen LogP contribution in [0.2, 0.25) is 0 Å². The van der Waals surface area contributed by atoms with Crippen LogP contribution in [0.5, 0.6) is 11.5 Å². The molecule has 3 aromatic rings. The molecule has 3 nitrogen and oxygen atoms in total. The molecule has 0 atom stereocenters. The smallest absolute Gasteiger partial charge is 0.379 e. The van der Waals surface area contributed by atoms with Crippen LogP contribution in [-0.4, -0.2) is 0 Å². The lowest BCUT2D eigenvalue weighted by molar-refractivity contribution is 0.434. The molecule has 3 rings (SSSR count). The fourth-order valence-electron chi connectivity index (χ4n) is 2.16. The molecule has 0 spiro atoms. The summed E-state index contributed by atoms with van der Waals surface area (Å²) in [6.07, 6.45) is 2.47. The monoisotopic (exact) mass is 278 g/mol. The topological polar surface area (TPSA) is 39.4 Å². The van der Waals surface area contributed by atoms with Gasteiger partial charge in [-0.05, 0) is 30.2 Å². The molecule has 0 radical (unpaired) electrons. The van der Waals surface area contributed by atoms with Gasteiger partial charge in [-0.1, -0.05) is 42.5 Å². The van der Waals surface area contributed by atoms with Crippen LogP contribution in [0.15, 0.2) is 76.5 Å². The summed E-state index contributed by atoms with van der Waals surface area (Å²) in [6.45, 7) is 3.73. The molecule has 0 unspecified atom stereocenters. The summed E-state index contributed by atoms with van der Waals surface area (Å²) < 4.78 is 11.0. The number of hydrogen-bond acceptors (Lipinski definition) is 3. The van der Waals surface area contributed by atoms with Crippen molar-refractivity contribution in [3.8, 4) is 11.5 Å². The number of benzene rings is 2. The Bertz CT molecular complexity index is 846. The lowest BCUT2D eigenvalue weighted by atomic mass is 10.1. The van der Waals surface area contributed by atoms with Crippen molar-refractivity contribution in [2.24, 2.45) is 0 Å². The summed E-state index contributed by atoms with van der Waals surface area (Å²) in [5, 5.41) is 0.827. The molecule has 0 aliphatic carbocycles. The van der Waals surface area contributed by atoms with Gasteiger partial charge in [0.15, 0.2) is 0 Å². The highest BCUT2D eigenvalue weighted by Gasteiger charge is 2.09. The number of rotatable bonds is 4. The largest absolute Gasteiger partial charge is 0.449 e. The van der Waals surface area contributed by atoms with Gasteiger partial charge in [0.2, 0.25) is 5.75 Å². The maximum absolute atomic E-state index is 12.0. The normalized spacial score (nSPS) is 10.5. The molecule has 2 aromatic carbocycles. The van der Waals surface area contributed by atoms with E-state index in [1.165, 1.54) is 0 Å². The van der Waals surface area contributed by atoms with E-state index in [4.69, 9.17) is 9.15 Å². The minimum Gasteiger partial charge on any atom is -0.449 e. The van der Waals surface area contributed by atoms with Crippen LogP contribution in [0.4, 0.5) is 0 Å². The molecular formula is C18H14O3. The minimum absolute atomic E-state index is 0.185. The van der Waals surface area contributed by atoms with Gasteiger partial charge in [-0.25, -0.2) is 4.79 Å². The first kappa shape index (κ1) is 13.2. The summed E-state index contributed by atoms with van der Waals surface area (Å²) in [7, 11) is 0. The van der Waals surface area contributed by atoms with Gasteiger partial charge in [-0.2, -0.15) is 0 Å². The predicted molar refractivity (Wildman–Crippen MR) is 82.9 cm³/mol. The second-order valence-electron chi connectivity index (χ2n) is 4.64. The van der Waals surface area contributed by atoms with Crippen LogP contribution in [0.25, 0.3) is 11.0 Å². The van der Waals surface area contributed by atoms with Crippen LogP contribution >= 0.6 is 0 Å².